The summed E-state index contributed by atoms with van der Waals surface area (Å²) in [5.41, 5.74) is 14.1. The number of hydrogen-bond donors (Lipinski definition) is 0. The van der Waals surface area contributed by atoms with Crippen molar-refractivity contribution in [3.8, 4) is 11.1 Å². The van der Waals surface area contributed by atoms with E-state index in [0.29, 0.717) is 3.63 Å². The molecule has 0 aromatic heterocycles. The van der Waals surface area contributed by atoms with E-state index in [4.69, 9.17) is 0 Å². The number of rotatable bonds is 6. The molecule has 0 N–H and O–H groups in total. The average molecular weight is 640 g/mol. The minimum absolute atomic E-state index is 0.373. The first-order valence-electron chi connectivity index (χ1n) is 15.4. The van der Waals surface area contributed by atoms with Gasteiger partial charge in [-0.3, -0.25) is 0 Å². The maximum absolute atomic E-state index is 2.91. The summed E-state index contributed by atoms with van der Waals surface area (Å²) in [6, 6.07) is 63.1. The molecule has 0 spiro atoms. The van der Waals surface area contributed by atoms with Crippen molar-refractivity contribution in [1.82, 2.24) is 0 Å². The fraction of sp³-hybridized carbons (Fsp3) is 0.0465. The molecular formula is C43H32Zr. The Balaban J connectivity index is 1.49. The average Bonchev–Trinajstić information content (AvgIpc) is 3.69. The van der Waals surface area contributed by atoms with Gasteiger partial charge in [-0.05, 0) is 0 Å². The molecule has 0 heterocycles. The first-order chi connectivity index (χ1) is 21.9. The Morgan fingerprint density at radius 3 is 1.41 bits per heavy atom. The van der Waals surface area contributed by atoms with Gasteiger partial charge in [0.1, 0.15) is 0 Å². The summed E-state index contributed by atoms with van der Waals surface area (Å²) in [5.74, 6) is 0. The van der Waals surface area contributed by atoms with Gasteiger partial charge < -0.3 is 0 Å². The molecule has 0 saturated carbocycles. The van der Waals surface area contributed by atoms with Crippen molar-refractivity contribution in [3.05, 3.63) is 213 Å². The molecule has 0 aliphatic heterocycles. The van der Waals surface area contributed by atoms with Gasteiger partial charge >= 0.3 is 269 Å². The van der Waals surface area contributed by atoms with Crippen molar-refractivity contribution in [1.29, 1.82) is 0 Å². The SMILES string of the molecule is C1=C(c2ccccc2)C[C]([Zr](=[C](c2ccccc2)c2ccccc2)[CH]2c3ccccc3-c3ccccc32)=C1c1ccccc1. The van der Waals surface area contributed by atoms with Crippen LogP contribution >= 0.6 is 0 Å². The van der Waals surface area contributed by atoms with Crippen LogP contribution in [0.2, 0.25) is 0 Å². The Morgan fingerprint density at radius 2 is 0.886 bits per heavy atom. The van der Waals surface area contributed by atoms with E-state index < -0.39 is 21.3 Å². The van der Waals surface area contributed by atoms with Crippen LogP contribution in [0.3, 0.4) is 0 Å². The monoisotopic (exact) mass is 638 g/mol. The van der Waals surface area contributed by atoms with Crippen LogP contribution in [0.15, 0.2) is 179 Å². The molecule has 6 aromatic carbocycles. The van der Waals surface area contributed by atoms with Crippen LogP contribution in [-0.4, -0.2) is 3.21 Å². The second-order valence-corrected chi connectivity index (χ2v) is 17.8. The molecule has 208 valence electrons. The molecule has 0 nitrogen and oxygen atoms in total. The van der Waals surface area contributed by atoms with Crippen molar-refractivity contribution in [2.45, 2.75) is 10.0 Å². The van der Waals surface area contributed by atoms with Crippen LogP contribution in [0, 0.1) is 0 Å². The molecule has 8 rings (SSSR count). The van der Waals surface area contributed by atoms with E-state index in [0.717, 1.165) is 6.42 Å². The molecule has 0 amide bonds. The Labute approximate surface area is 267 Å². The van der Waals surface area contributed by atoms with Crippen LogP contribution in [0.4, 0.5) is 0 Å². The Morgan fingerprint density at radius 1 is 0.455 bits per heavy atom. The molecule has 0 saturated heterocycles. The summed E-state index contributed by atoms with van der Waals surface area (Å²) in [4.78, 5) is 0. The summed E-state index contributed by atoms with van der Waals surface area (Å²) < 4.78 is 3.63. The zero-order valence-electron chi connectivity index (χ0n) is 24.5. The van der Waals surface area contributed by atoms with E-state index in [9.17, 15) is 0 Å². The van der Waals surface area contributed by atoms with Gasteiger partial charge in [0.15, 0.2) is 0 Å². The first-order valence-corrected chi connectivity index (χ1v) is 19.3. The van der Waals surface area contributed by atoms with Gasteiger partial charge in [-0.25, -0.2) is 0 Å². The standard InChI is InChI=1S/C17H13.C13H9.C13H10.Zr/c1-3-7-14(8-4-1)16-11-12-17(13-16)15-9-5-2-6-10-15;1-3-7-12-10(5-1)9-11-6-2-4-8-13(11)12;1-3-7-12(8-4-1)11-13-9-5-2-6-10-13;/h1-10,13H,11H2;1-9H;1-10H;. The summed E-state index contributed by atoms with van der Waals surface area (Å²) >= 11 is -2.91. The number of benzene rings is 6. The van der Waals surface area contributed by atoms with Crippen molar-refractivity contribution in [2.75, 3.05) is 0 Å². The molecule has 44 heavy (non-hydrogen) atoms. The Kier molecular flexibility index (Phi) is 7.35. The first kappa shape index (κ1) is 27.1. The number of allylic oxidation sites excluding steroid dienone is 4. The van der Waals surface area contributed by atoms with E-state index in [1.54, 1.807) is 6.49 Å². The van der Waals surface area contributed by atoms with Crippen molar-refractivity contribution < 1.29 is 21.3 Å². The quantitative estimate of drug-likeness (QED) is 0.170. The molecule has 0 bridgehead atoms. The molecule has 0 fully saturated rings. The van der Waals surface area contributed by atoms with Crippen LogP contribution in [-0.2, 0) is 21.3 Å². The van der Waals surface area contributed by atoms with Gasteiger partial charge in [0.2, 0.25) is 0 Å². The molecule has 2 aliphatic rings. The van der Waals surface area contributed by atoms with E-state index in [1.807, 2.05) is 0 Å². The second kappa shape index (κ2) is 11.9. The molecule has 6 aromatic rings. The fourth-order valence-corrected chi connectivity index (χ4v) is 16.8. The van der Waals surface area contributed by atoms with Gasteiger partial charge in [-0.15, -0.1) is 0 Å². The molecule has 0 unspecified atom stereocenters. The van der Waals surface area contributed by atoms with Crippen LogP contribution < -0.4 is 0 Å². The third-order valence-electron chi connectivity index (χ3n) is 9.08. The topological polar surface area (TPSA) is 0 Å². The van der Waals surface area contributed by atoms with Crippen LogP contribution in [0.25, 0.3) is 22.3 Å². The van der Waals surface area contributed by atoms with Gasteiger partial charge in [0, 0.05) is 0 Å². The predicted octanol–water partition coefficient (Wildman–Crippen LogP) is 10.5. The van der Waals surface area contributed by atoms with Gasteiger partial charge in [-0.2, -0.15) is 0 Å². The van der Waals surface area contributed by atoms with Crippen molar-refractivity contribution in [3.63, 3.8) is 0 Å². The number of fused-ring (bicyclic) bond motifs is 3. The maximum atomic E-state index is 2.51. The summed E-state index contributed by atoms with van der Waals surface area (Å²) in [5, 5.41) is 0. The van der Waals surface area contributed by atoms with Crippen molar-refractivity contribution in [2.24, 2.45) is 0 Å². The zero-order chi connectivity index (χ0) is 29.3. The molecule has 0 atom stereocenters. The molecule has 1 heteroatoms. The van der Waals surface area contributed by atoms with Crippen LogP contribution in [0.1, 0.15) is 43.4 Å². The Hall–Kier alpha value is -4.45. The van der Waals surface area contributed by atoms with Crippen LogP contribution in [0.5, 0.6) is 0 Å². The third kappa shape index (κ3) is 4.87. The normalized spacial score (nSPS) is 13.8. The third-order valence-corrected chi connectivity index (χ3v) is 17.5. The second-order valence-electron chi connectivity index (χ2n) is 11.6. The van der Waals surface area contributed by atoms with E-state index in [2.05, 4.69) is 176 Å². The fourth-order valence-electron chi connectivity index (χ4n) is 7.17. The van der Waals surface area contributed by atoms with Gasteiger partial charge in [0.05, 0.1) is 0 Å². The van der Waals surface area contributed by atoms with E-state index in [1.165, 1.54) is 55.7 Å². The van der Waals surface area contributed by atoms with Gasteiger partial charge in [0.25, 0.3) is 0 Å². The Bertz CT molecular complexity index is 1960. The molecule has 2 aliphatic carbocycles. The summed E-state index contributed by atoms with van der Waals surface area (Å²) in [6.45, 7) is 0. The van der Waals surface area contributed by atoms with E-state index >= 15 is 0 Å². The van der Waals surface area contributed by atoms with Crippen molar-refractivity contribution >= 4 is 14.4 Å². The molecular weight excluding hydrogens is 608 g/mol. The predicted molar refractivity (Wildman–Crippen MR) is 182 cm³/mol. The minimum atomic E-state index is -2.91. The molecule has 0 radical (unpaired) electrons. The van der Waals surface area contributed by atoms with E-state index in [-0.39, 0.29) is 0 Å². The zero-order valence-corrected chi connectivity index (χ0v) is 27.0. The van der Waals surface area contributed by atoms with Gasteiger partial charge in [-0.1, -0.05) is 0 Å². The number of hydrogen-bond acceptors (Lipinski definition) is 0. The summed E-state index contributed by atoms with van der Waals surface area (Å²) in [6.07, 6.45) is 3.51. The summed E-state index contributed by atoms with van der Waals surface area (Å²) in [7, 11) is 0.